The van der Waals surface area contributed by atoms with E-state index in [2.05, 4.69) is 5.32 Å². The van der Waals surface area contributed by atoms with Crippen LogP contribution in [0.1, 0.15) is 20.3 Å². The van der Waals surface area contributed by atoms with Crippen LogP contribution in [0.2, 0.25) is 5.02 Å². The standard InChI is InChI=1S/C12H15ClFNO2/c1-3-17-12(16)6-8(2)15-11-5-4-9(13)7-10(11)14/h4-5,7-8,15H,3,6H2,1-2H3. The highest BCUT2D eigenvalue weighted by Gasteiger charge is 2.11. The van der Waals surface area contributed by atoms with Gasteiger partial charge in [-0.05, 0) is 32.0 Å². The molecule has 5 heteroatoms. The van der Waals surface area contributed by atoms with Crippen molar-refractivity contribution in [2.24, 2.45) is 0 Å². The number of carbonyl (C=O) groups is 1. The van der Waals surface area contributed by atoms with Crippen molar-refractivity contribution in [2.75, 3.05) is 11.9 Å². The molecule has 0 aliphatic carbocycles. The molecule has 1 aromatic carbocycles. The summed E-state index contributed by atoms with van der Waals surface area (Å²) in [4.78, 5) is 11.2. The normalized spacial score (nSPS) is 12.0. The molecule has 1 rings (SSSR count). The molecule has 1 N–H and O–H groups in total. The fourth-order valence-electron chi connectivity index (χ4n) is 1.39. The largest absolute Gasteiger partial charge is 0.466 e. The van der Waals surface area contributed by atoms with Gasteiger partial charge in [-0.1, -0.05) is 11.6 Å². The minimum atomic E-state index is -0.437. The fourth-order valence-corrected chi connectivity index (χ4v) is 1.55. The molecule has 0 aromatic heterocycles. The van der Waals surface area contributed by atoms with Gasteiger partial charge in [-0.3, -0.25) is 4.79 Å². The van der Waals surface area contributed by atoms with Crippen molar-refractivity contribution in [3.63, 3.8) is 0 Å². The second-order valence-corrected chi connectivity index (χ2v) is 4.12. The Hall–Kier alpha value is -1.29. The zero-order valence-electron chi connectivity index (χ0n) is 9.80. The molecule has 0 heterocycles. The Morgan fingerprint density at radius 1 is 1.59 bits per heavy atom. The van der Waals surface area contributed by atoms with Gasteiger partial charge in [0, 0.05) is 11.1 Å². The lowest BCUT2D eigenvalue weighted by molar-refractivity contribution is -0.143. The molecule has 1 unspecified atom stereocenters. The molecule has 0 fully saturated rings. The molecule has 0 aliphatic rings. The van der Waals surface area contributed by atoms with Gasteiger partial charge in [-0.15, -0.1) is 0 Å². The highest BCUT2D eigenvalue weighted by atomic mass is 35.5. The molecule has 0 saturated carbocycles. The number of anilines is 1. The average Bonchev–Trinajstić information content (AvgIpc) is 2.22. The van der Waals surface area contributed by atoms with Crippen molar-refractivity contribution in [3.8, 4) is 0 Å². The maximum absolute atomic E-state index is 13.4. The zero-order valence-corrected chi connectivity index (χ0v) is 10.6. The van der Waals surface area contributed by atoms with Crippen LogP contribution >= 0.6 is 11.6 Å². The Balaban J connectivity index is 2.55. The molecule has 3 nitrogen and oxygen atoms in total. The van der Waals surface area contributed by atoms with Crippen molar-refractivity contribution in [1.82, 2.24) is 0 Å². The smallest absolute Gasteiger partial charge is 0.307 e. The summed E-state index contributed by atoms with van der Waals surface area (Å²) in [6.07, 6.45) is 0.190. The molecular formula is C12H15ClFNO2. The van der Waals surface area contributed by atoms with Crippen LogP contribution in [-0.2, 0) is 9.53 Å². The third-order valence-electron chi connectivity index (χ3n) is 2.11. The number of carbonyl (C=O) groups excluding carboxylic acids is 1. The number of esters is 1. The maximum atomic E-state index is 13.4. The van der Waals surface area contributed by atoms with Gasteiger partial charge in [-0.25, -0.2) is 4.39 Å². The number of rotatable bonds is 5. The van der Waals surface area contributed by atoms with Gasteiger partial charge >= 0.3 is 5.97 Å². The van der Waals surface area contributed by atoms with Crippen molar-refractivity contribution in [1.29, 1.82) is 0 Å². The summed E-state index contributed by atoms with van der Waals surface area (Å²) >= 11 is 5.64. The Bertz CT molecular complexity index is 398. The highest BCUT2D eigenvalue weighted by molar-refractivity contribution is 6.30. The summed E-state index contributed by atoms with van der Waals surface area (Å²) in [5, 5.41) is 3.23. The summed E-state index contributed by atoms with van der Waals surface area (Å²) in [5.41, 5.74) is 0.325. The number of hydrogen-bond acceptors (Lipinski definition) is 3. The van der Waals surface area contributed by atoms with Crippen molar-refractivity contribution in [2.45, 2.75) is 26.3 Å². The van der Waals surface area contributed by atoms with Crippen LogP contribution in [0.5, 0.6) is 0 Å². The monoisotopic (exact) mass is 259 g/mol. The van der Waals surface area contributed by atoms with Crippen LogP contribution in [0.25, 0.3) is 0 Å². The minimum Gasteiger partial charge on any atom is -0.466 e. The zero-order chi connectivity index (χ0) is 12.8. The van der Waals surface area contributed by atoms with E-state index in [-0.39, 0.29) is 18.4 Å². The highest BCUT2D eigenvalue weighted by Crippen LogP contribution is 2.20. The van der Waals surface area contributed by atoms with E-state index in [1.54, 1.807) is 26.0 Å². The third-order valence-corrected chi connectivity index (χ3v) is 2.35. The molecule has 1 aromatic rings. The van der Waals surface area contributed by atoms with E-state index in [0.29, 0.717) is 17.3 Å². The average molecular weight is 260 g/mol. The fraction of sp³-hybridized carbons (Fsp3) is 0.417. The van der Waals surface area contributed by atoms with Gasteiger partial charge in [0.15, 0.2) is 0 Å². The van der Waals surface area contributed by atoms with Gasteiger partial charge in [0.2, 0.25) is 0 Å². The molecule has 0 radical (unpaired) electrons. The molecular weight excluding hydrogens is 245 g/mol. The van der Waals surface area contributed by atoms with Gasteiger partial charge in [0.25, 0.3) is 0 Å². The van der Waals surface area contributed by atoms with Gasteiger partial charge in [-0.2, -0.15) is 0 Å². The number of hydrogen-bond donors (Lipinski definition) is 1. The number of halogens is 2. The SMILES string of the molecule is CCOC(=O)CC(C)Nc1ccc(Cl)cc1F. The van der Waals surface area contributed by atoms with Crippen LogP contribution in [0.15, 0.2) is 18.2 Å². The second kappa shape index (κ2) is 6.45. The van der Waals surface area contributed by atoms with Crippen LogP contribution in [0.4, 0.5) is 10.1 Å². The predicted octanol–water partition coefficient (Wildman–Crippen LogP) is 3.23. The number of nitrogens with one attached hydrogen (secondary N) is 1. The van der Waals surface area contributed by atoms with Crippen molar-refractivity contribution >= 4 is 23.3 Å². The van der Waals surface area contributed by atoms with Gasteiger partial charge < -0.3 is 10.1 Å². The Morgan fingerprint density at radius 3 is 2.88 bits per heavy atom. The maximum Gasteiger partial charge on any atom is 0.307 e. The van der Waals surface area contributed by atoms with E-state index in [0.717, 1.165) is 0 Å². The first-order valence-electron chi connectivity index (χ1n) is 5.40. The summed E-state index contributed by atoms with van der Waals surface area (Å²) in [7, 11) is 0. The molecule has 0 bridgehead atoms. The van der Waals surface area contributed by atoms with Crippen LogP contribution in [0, 0.1) is 5.82 Å². The molecule has 17 heavy (non-hydrogen) atoms. The first-order valence-corrected chi connectivity index (χ1v) is 5.78. The minimum absolute atomic E-state index is 0.190. The van der Waals surface area contributed by atoms with E-state index in [1.165, 1.54) is 6.07 Å². The van der Waals surface area contributed by atoms with Gasteiger partial charge in [0.05, 0.1) is 18.7 Å². The summed E-state index contributed by atoms with van der Waals surface area (Å²) in [5.74, 6) is -0.741. The molecule has 0 amide bonds. The summed E-state index contributed by atoms with van der Waals surface area (Å²) < 4.78 is 18.2. The van der Waals surface area contributed by atoms with E-state index in [9.17, 15) is 9.18 Å². The lowest BCUT2D eigenvalue weighted by Crippen LogP contribution is -2.21. The Labute approximate surface area is 105 Å². The van der Waals surface area contributed by atoms with E-state index in [1.807, 2.05) is 0 Å². The predicted molar refractivity (Wildman–Crippen MR) is 65.7 cm³/mol. The summed E-state index contributed by atoms with van der Waals surface area (Å²) in [6, 6.07) is 4.15. The van der Waals surface area contributed by atoms with E-state index < -0.39 is 5.82 Å². The van der Waals surface area contributed by atoms with E-state index >= 15 is 0 Å². The molecule has 1 atom stereocenters. The first kappa shape index (κ1) is 13.8. The van der Waals surface area contributed by atoms with Crippen molar-refractivity contribution in [3.05, 3.63) is 29.0 Å². The van der Waals surface area contributed by atoms with Crippen LogP contribution in [-0.4, -0.2) is 18.6 Å². The lowest BCUT2D eigenvalue weighted by atomic mass is 10.2. The second-order valence-electron chi connectivity index (χ2n) is 3.68. The molecule has 0 spiro atoms. The van der Waals surface area contributed by atoms with E-state index in [4.69, 9.17) is 16.3 Å². The third kappa shape index (κ3) is 4.61. The Kier molecular flexibility index (Phi) is 5.22. The van der Waals surface area contributed by atoms with Gasteiger partial charge in [0.1, 0.15) is 5.82 Å². The number of ether oxygens (including phenoxy) is 1. The van der Waals surface area contributed by atoms with Crippen molar-refractivity contribution < 1.29 is 13.9 Å². The molecule has 94 valence electrons. The lowest BCUT2D eigenvalue weighted by Gasteiger charge is -2.15. The molecule has 0 aliphatic heterocycles. The van der Waals surface area contributed by atoms with Crippen LogP contribution < -0.4 is 5.32 Å². The molecule has 0 saturated heterocycles. The summed E-state index contributed by atoms with van der Waals surface area (Å²) in [6.45, 7) is 3.88. The quantitative estimate of drug-likeness (QED) is 0.825. The number of benzene rings is 1. The first-order chi connectivity index (χ1) is 8.02. The topological polar surface area (TPSA) is 38.3 Å². The Morgan fingerprint density at radius 2 is 2.29 bits per heavy atom. The van der Waals surface area contributed by atoms with Crippen LogP contribution in [0.3, 0.4) is 0 Å².